The maximum absolute atomic E-state index is 12.8. The first-order valence-electron chi connectivity index (χ1n) is 12.2. The second kappa shape index (κ2) is 11.9. The van der Waals surface area contributed by atoms with Gasteiger partial charge >= 0.3 is 5.97 Å². The summed E-state index contributed by atoms with van der Waals surface area (Å²) in [7, 11) is 0. The number of hydrogen-bond donors (Lipinski definition) is 3. The van der Waals surface area contributed by atoms with Gasteiger partial charge in [0.25, 0.3) is 17.2 Å². The largest absolute Gasteiger partial charge is 0.480 e. The fraction of sp³-hybridized carbons (Fsp3) is 0.172. The van der Waals surface area contributed by atoms with Crippen molar-refractivity contribution in [2.45, 2.75) is 25.9 Å². The third-order valence-electron chi connectivity index (χ3n) is 6.23. The molecule has 0 spiro atoms. The van der Waals surface area contributed by atoms with Crippen LogP contribution in [0.15, 0.2) is 71.5 Å². The number of nitrogens with zero attached hydrogens (tertiary/aromatic N) is 3. The number of aromatic nitrogens is 2. The molecule has 202 valence electrons. The summed E-state index contributed by atoms with van der Waals surface area (Å²) in [5.74, 6) is 1.33. The Bertz CT molecular complexity index is 1670. The van der Waals surface area contributed by atoms with Crippen LogP contribution in [0.1, 0.15) is 27.3 Å². The van der Waals surface area contributed by atoms with E-state index in [2.05, 4.69) is 21.2 Å². The molecule has 1 amide bonds. The summed E-state index contributed by atoms with van der Waals surface area (Å²) < 4.78 is 0. The molecule has 3 N–H and O–H groups in total. The number of aryl methyl sites for hydroxylation is 1. The van der Waals surface area contributed by atoms with Crippen LogP contribution in [0.5, 0.6) is 0 Å². The molecule has 0 saturated carbocycles. The Morgan fingerprint density at radius 3 is 2.42 bits per heavy atom. The highest BCUT2D eigenvalue weighted by Gasteiger charge is 2.22. The van der Waals surface area contributed by atoms with Gasteiger partial charge in [-0.2, -0.15) is 0 Å². The highest BCUT2D eigenvalue weighted by atomic mass is 16.6. The van der Waals surface area contributed by atoms with Gasteiger partial charge in [0.15, 0.2) is 0 Å². The van der Waals surface area contributed by atoms with Crippen molar-refractivity contribution in [1.82, 2.24) is 15.3 Å². The van der Waals surface area contributed by atoms with Gasteiger partial charge in [-0.1, -0.05) is 24.1 Å². The number of non-ortho nitro benzene ring substituents is 1. The van der Waals surface area contributed by atoms with E-state index < -0.39 is 22.8 Å². The van der Waals surface area contributed by atoms with Gasteiger partial charge < -0.3 is 20.3 Å². The molecule has 0 aliphatic rings. The van der Waals surface area contributed by atoms with Crippen LogP contribution >= 0.6 is 0 Å². The lowest BCUT2D eigenvalue weighted by Crippen LogP contribution is -2.42. The van der Waals surface area contributed by atoms with Crippen LogP contribution in [0.3, 0.4) is 0 Å². The zero-order valence-corrected chi connectivity index (χ0v) is 21.5. The van der Waals surface area contributed by atoms with Crippen LogP contribution < -0.4 is 15.8 Å². The van der Waals surface area contributed by atoms with Crippen LogP contribution in [-0.2, 0) is 17.8 Å². The van der Waals surface area contributed by atoms with E-state index in [0.717, 1.165) is 11.3 Å². The van der Waals surface area contributed by atoms with E-state index in [1.807, 2.05) is 11.0 Å². The number of amides is 1. The predicted octanol–water partition coefficient (Wildman–Crippen LogP) is 3.21. The highest BCUT2D eigenvalue weighted by Crippen LogP contribution is 2.20. The number of aromatic amines is 1. The molecule has 0 radical (unpaired) electrons. The van der Waals surface area contributed by atoms with Gasteiger partial charge in [-0.15, -0.1) is 6.42 Å². The molecule has 4 aromatic rings. The molecule has 0 fully saturated rings. The van der Waals surface area contributed by atoms with Crippen LogP contribution in [-0.4, -0.2) is 44.5 Å². The zero-order chi connectivity index (χ0) is 28.8. The van der Waals surface area contributed by atoms with Gasteiger partial charge in [0, 0.05) is 36.3 Å². The summed E-state index contributed by atoms with van der Waals surface area (Å²) in [5, 5.41) is 23.4. The first-order chi connectivity index (χ1) is 19.1. The smallest absolute Gasteiger partial charge is 0.326 e. The fourth-order valence-electron chi connectivity index (χ4n) is 4.22. The first kappa shape index (κ1) is 27.5. The molecule has 0 aliphatic heterocycles. The van der Waals surface area contributed by atoms with Crippen LogP contribution in [0, 0.1) is 29.4 Å². The number of carbonyl (C=O) groups excluding carboxylic acids is 1. The number of terminal acetylenes is 1. The predicted molar refractivity (Wildman–Crippen MR) is 149 cm³/mol. The molecule has 4 rings (SSSR count). The van der Waals surface area contributed by atoms with Crippen molar-refractivity contribution in [3.63, 3.8) is 0 Å². The number of H-pyrrole nitrogens is 1. The minimum Gasteiger partial charge on any atom is -0.480 e. The molecule has 1 aromatic heterocycles. The summed E-state index contributed by atoms with van der Waals surface area (Å²) in [4.78, 5) is 56.2. The van der Waals surface area contributed by atoms with E-state index in [-0.39, 0.29) is 29.8 Å². The quantitative estimate of drug-likeness (QED) is 0.157. The summed E-state index contributed by atoms with van der Waals surface area (Å²) in [5.41, 5.74) is 2.61. The minimum atomic E-state index is -1.24. The van der Waals surface area contributed by atoms with Crippen molar-refractivity contribution >= 4 is 34.2 Å². The second-order valence-corrected chi connectivity index (χ2v) is 9.10. The number of nitro benzene ring substituents is 1. The molecule has 0 bridgehead atoms. The summed E-state index contributed by atoms with van der Waals surface area (Å²) >= 11 is 0. The van der Waals surface area contributed by atoms with Gasteiger partial charge in [0.05, 0.1) is 22.4 Å². The molecule has 0 unspecified atom stereocenters. The van der Waals surface area contributed by atoms with Crippen molar-refractivity contribution in [2.75, 3.05) is 11.4 Å². The monoisotopic (exact) mass is 539 g/mol. The number of hydrogen-bond acceptors (Lipinski definition) is 7. The van der Waals surface area contributed by atoms with E-state index in [0.29, 0.717) is 28.8 Å². The Morgan fingerprint density at radius 1 is 1.12 bits per heavy atom. The molecule has 0 aliphatic carbocycles. The number of carboxylic acids is 1. The first-order valence-corrected chi connectivity index (χ1v) is 12.2. The van der Waals surface area contributed by atoms with E-state index in [1.165, 1.54) is 24.3 Å². The molecule has 1 heterocycles. The van der Waals surface area contributed by atoms with Crippen molar-refractivity contribution in [2.24, 2.45) is 0 Å². The zero-order valence-electron chi connectivity index (χ0n) is 21.5. The lowest BCUT2D eigenvalue weighted by Gasteiger charge is -2.23. The standard InChI is InChI=1S/C29H25N5O6/c1-3-14-33(17-20-6-13-25-24(15-20)28(36)31-18(2)30-25)22-11-7-21(8-12-22)27(35)32-26(29(37)38)16-19-4-9-23(10-5-19)34(39)40/h1,4-13,15,26H,14,16-17H2,2H3,(H,32,35)(H,37,38)(H,30,31,36)/t26-/m1/s1. The molecule has 3 aromatic carbocycles. The van der Waals surface area contributed by atoms with E-state index in [4.69, 9.17) is 6.42 Å². The summed E-state index contributed by atoms with van der Waals surface area (Å²) in [6, 6.07) is 16.2. The van der Waals surface area contributed by atoms with E-state index in [9.17, 15) is 29.6 Å². The minimum absolute atomic E-state index is 0.0449. The Hall–Kier alpha value is -5.50. The summed E-state index contributed by atoms with van der Waals surface area (Å²) in [6.07, 6.45) is 5.54. The molecular weight excluding hydrogens is 514 g/mol. The maximum atomic E-state index is 12.8. The van der Waals surface area contributed by atoms with Gasteiger partial charge in [0.2, 0.25) is 0 Å². The van der Waals surface area contributed by atoms with E-state index in [1.54, 1.807) is 43.3 Å². The normalized spacial score (nSPS) is 11.4. The molecule has 0 saturated heterocycles. The van der Waals surface area contributed by atoms with Crippen molar-refractivity contribution in [1.29, 1.82) is 0 Å². The molecule has 40 heavy (non-hydrogen) atoms. The Morgan fingerprint density at radius 2 is 1.80 bits per heavy atom. The number of rotatable bonds is 10. The Labute approximate surface area is 228 Å². The van der Waals surface area contributed by atoms with Crippen molar-refractivity contribution < 1.29 is 19.6 Å². The molecular formula is C29H25N5O6. The maximum Gasteiger partial charge on any atom is 0.326 e. The Kier molecular flexibility index (Phi) is 8.20. The number of anilines is 1. The third-order valence-corrected chi connectivity index (χ3v) is 6.23. The van der Waals surface area contributed by atoms with Crippen LogP contribution in [0.25, 0.3) is 10.9 Å². The Balaban J connectivity index is 1.47. The van der Waals surface area contributed by atoms with Crippen LogP contribution in [0.4, 0.5) is 11.4 Å². The highest BCUT2D eigenvalue weighted by molar-refractivity contribution is 5.97. The van der Waals surface area contributed by atoms with Gasteiger partial charge in [-0.3, -0.25) is 19.7 Å². The summed E-state index contributed by atoms with van der Waals surface area (Å²) in [6.45, 7) is 2.38. The van der Waals surface area contributed by atoms with E-state index >= 15 is 0 Å². The molecule has 11 nitrogen and oxygen atoms in total. The van der Waals surface area contributed by atoms with Gasteiger partial charge in [0.1, 0.15) is 11.9 Å². The number of carboxylic acid groups (broad SMARTS) is 1. The third kappa shape index (κ3) is 6.49. The second-order valence-electron chi connectivity index (χ2n) is 9.10. The molecule has 11 heteroatoms. The average molecular weight is 540 g/mol. The lowest BCUT2D eigenvalue weighted by atomic mass is 10.0. The number of fused-ring (bicyclic) bond motifs is 1. The van der Waals surface area contributed by atoms with Crippen LogP contribution in [0.2, 0.25) is 0 Å². The topological polar surface area (TPSA) is 159 Å². The van der Waals surface area contributed by atoms with Gasteiger partial charge in [-0.25, -0.2) is 9.78 Å². The number of nitrogens with one attached hydrogen (secondary N) is 2. The number of aliphatic carboxylic acids is 1. The SMILES string of the molecule is C#CCN(Cc1ccc2nc(C)[nH]c(=O)c2c1)c1ccc(C(=O)N[C@H](Cc2ccc([N+](=O)[O-])cc2)C(=O)O)cc1. The number of nitro groups is 1. The van der Waals surface area contributed by atoms with Gasteiger partial charge in [-0.05, 0) is 54.4 Å². The molecule has 1 atom stereocenters. The number of benzene rings is 3. The van der Waals surface area contributed by atoms with Crippen molar-refractivity contribution in [3.05, 3.63) is 110 Å². The lowest BCUT2D eigenvalue weighted by molar-refractivity contribution is -0.384. The fourth-order valence-corrected chi connectivity index (χ4v) is 4.22. The average Bonchev–Trinajstić information content (AvgIpc) is 2.93. The van der Waals surface area contributed by atoms with Crippen molar-refractivity contribution in [3.8, 4) is 12.3 Å². The number of carbonyl (C=O) groups is 2.